The van der Waals surface area contributed by atoms with Gasteiger partial charge >= 0.3 is 0 Å². The summed E-state index contributed by atoms with van der Waals surface area (Å²) < 4.78 is 0.835. The lowest BCUT2D eigenvalue weighted by molar-refractivity contribution is 1.28. The third kappa shape index (κ3) is 4.60. The summed E-state index contributed by atoms with van der Waals surface area (Å²) in [4.78, 5) is 7.49. The van der Waals surface area contributed by atoms with Crippen molar-refractivity contribution in [3.8, 4) is 12.1 Å². The van der Waals surface area contributed by atoms with Gasteiger partial charge in [-0.1, -0.05) is 0 Å². The Bertz CT molecular complexity index is 557. The van der Waals surface area contributed by atoms with Crippen molar-refractivity contribution in [2.75, 3.05) is 5.73 Å². The third-order valence-electron chi connectivity index (χ3n) is 1.72. The SMILES string of the molecule is N#Cc1cncc(Br)c1.N#Cc1cncc(N)c1. The number of nitrogens with zero attached hydrogens (tertiary/aromatic N) is 4. The Morgan fingerprint density at radius 1 is 0.944 bits per heavy atom. The Kier molecular flexibility index (Phi) is 5.30. The summed E-state index contributed by atoms with van der Waals surface area (Å²) in [5.41, 5.74) is 6.91. The average molecular weight is 302 g/mol. The molecule has 88 valence electrons. The maximum absolute atomic E-state index is 8.35. The van der Waals surface area contributed by atoms with Gasteiger partial charge in [0.2, 0.25) is 0 Å². The van der Waals surface area contributed by atoms with Gasteiger partial charge in [0.25, 0.3) is 0 Å². The molecule has 0 aliphatic heterocycles. The predicted molar refractivity (Wildman–Crippen MR) is 70.0 cm³/mol. The van der Waals surface area contributed by atoms with E-state index in [-0.39, 0.29) is 0 Å². The number of nitrogens with two attached hydrogens (primary N) is 1. The van der Waals surface area contributed by atoms with Gasteiger partial charge in [0, 0.05) is 29.3 Å². The molecule has 0 spiro atoms. The van der Waals surface area contributed by atoms with Crippen LogP contribution in [0.2, 0.25) is 0 Å². The second-order valence-electron chi connectivity index (χ2n) is 3.12. The highest BCUT2D eigenvalue weighted by Crippen LogP contribution is 2.07. The minimum Gasteiger partial charge on any atom is -0.397 e. The summed E-state index contributed by atoms with van der Waals surface area (Å²) >= 11 is 3.19. The minimum absolute atomic E-state index is 0.495. The Balaban J connectivity index is 0.000000180. The molecule has 0 radical (unpaired) electrons. The smallest absolute Gasteiger partial charge is 0.101 e. The van der Waals surface area contributed by atoms with Crippen LogP contribution in [0.25, 0.3) is 0 Å². The molecule has 0 bridgehead atoms. The van der Waals surface area contributed by atoms with Crippen molar-refractivity contribution in [2.24, 2.45) is 0 Å². The number of nitrogen functional groups attached to an aromatic ring is 1. The van der Waals surface area contributed by atoms with Gasteiger partial charge in [0.05, 0.1) is 16.8 Å². The van der Waals surface area contributed by atoms with E-state index < -0.39 is 0 Å². The van der Waals surface area contributed by atoms with Crippen LogP contribution < -0.4 is 5.73 Å². The van der Waals surface area contributed by atoms with Crippen LogP contribution in [-0.2, 0) is 0 Å². The molecule has 0 fully saturated rings. The third-order valence-corrected chi connectivity index (χ3v) is 2.16. The molecule has 0 amide bonds. The standard InChI is InChI=1S/C6H3BrN2.C6H5N3/c7-6-1-5(2-8)3-9-4-6;7-2-5-1-6(8)4-9-3-5/h1,3-4H;1,3-4H,8H2. The zero-order chi connectivity index (χ0) is 13.4. The predicted octanol–water partition coefficient (Wildman–Crippen LogP) is 2.25. The molecular formula is C12H8BrN5. The van der Waals surface area contributed by atoms with Gasteiger partial charge in [-0.25, -0.2) is 0 Å². The van der Waals surface area contributed by atoms with Gasteiger partial charge in [-0.15, -0.1) is 0 Å². The molecule has 6 heteroatoms. The monoisotopic (exact) mass is 301 g/mol. The molecule has 2 heterocycles. The van der Waals surface area contributed by atoms with Gasteiger partial charge in [0.1, 0.15) is 12.1 Å². The average Bonchev–Trinajstić information content (AvgIpc) is 2.39. The topological polar surface area (TPSA) is 99.4 Å². The second-order valence-corrected chi connectivity index (χ2v) is 4.04. The van der Waals surface area contributed by atoms with Crippen LogP contribution in [0.4, 0.5) is 5.69 Å². The zero-order valence-corrected chi connectivity index (χ0v) is 10.8. The van der Waals surface area contributed by atoms with Crippen molar-refractivity contribution in [3.63, 3.8) is 0 Å². The van der Waals surface area contributed by atoms with Gasteiger partial charge in [0.15, 0.2) is 0 Å². The fourth-order valence-corrected chi connectivity index (χ4v) is 1.36. The quantitative estimate of drug-likeness (QED) is 0.804. The van der Waals surface area contributed by atoms with Crippen LogP contribution in [0.15, 0.2) is 41.4 Å². The lowest BCUT2D eigenvalue weighted by Gasteiger charge is -1.88. The van der Waals surface area contributed by atoms with Crippen LogP contribution in [0.3, 0.4) is 0 Å². The Labute approximate surface area is 113 Å². The molecule has 18 heavy (non-hydrogen) atoms. The largest absolute Gasteiger partial charge is 0.397 e. The first-order valence-electron chi connectivity index (χ1n) is 4.77. The van der Waals surface area contributed by atoms with Gasteiger partial charge in [-0.05, 0) is 28.1 Å². The fraction of sp³-hybridized carbons (Fsp3) is 0. The molecule has 2 rings (SSSR count). The van der Waals surface area contributed by atoms with Crippen LogP contribution in [0.5, 0.6) is 0 Å². The second kappa shape index (κ2) is 7.00. The molecule has 0 saturated carbocycles. The van der Waals surface area contributed by atoms with E-state index in [0.717, 1.165) is 4.47 Å². The zero-order valence-electron chi connectivity index (χ0n) is 9.21. The number of halogens is 1. The number of nitriles is 2. The van der Waals surface area contributed by atoms with E-state index in [1.165, 1.54) is 18.6 Å². The van der Waals surface area contributed by atoms with Gasteiger partial charge < -0.3 is 5.73 Å². The summed E-state index contributed by atoms with van der Waals surface area (Å²) in [6.45, 7) is 0. The number of aromatic nitrogens is 2. The Morgan fingerprint density at radius 2 is 1.50 bits per heavy atom. The maximum Gasteiger partial charge on any atom is 0.101 e. The van der Waals surface area contributed by atoms with E-state index in [2.05, 4.69) is 25.9 Å². The highest BCUT2D eigenvalue weighted by atomic mass is 79.9. The summed E-state index contributed by atoms with van der Waals surface area (Å²) in [5, 5.41) is 16.7. The number of hydrogen-bond donors (Lipinski definition) is 1. The number of anilines is 1. The van der Waals surface area contributed by atoms with Crippen molar-refractivity contribution in [1.29, 1.82) is 10.5 Å². The van der Waals surface area contributed by atoms with E-state index in [9.17, 15) is 0 Å². The molecule has 0 aliphatic rings. The maximum atomic E-state index is 8.35. The molecule has 0 saturated heterocycles. The van der Waals surface area contributed by atoms with E-state index >= 15 is 0 Å². The number of hydrogen-bond acceptors (Lipinski definition) is 5. The first kappa shape index (κ1) is 13.6. The molecule has 5 nitrogen and oxygen atoms in total. The summed E-state index contributed by atoms with van der Waals surface area (Å²) in [6.07, 6.45) is 6.13. The lowest BCUT2D eigenvalue weighted by atomic mass is 10.3. The van der Waals surface area contributed by atoms with Crippen LogP contribution in [0.1, 0.15) is 11.1 Å². The van der Waals surface area contributed by atoms with E-state index in [4.69, 9.17) is 16.3 Å². The van der Waals surface area contributed by atoms with Gasteiger partial charge in [-0.3, -0.25) is 9.97 Å². The van der Waals surface area contributed by atoms with Crippen molar-refractivity contribution in [2.45, 2.75) is 0 Å². The lowest BCUT2D eigenvalue weighted by Crippen LogP contribution is -1.86. The highest BCUT2D eigenvalue weighted by Gasteiger charge is 1.89. The molecule has 2 aromatic heterocycles. The fourth-order valence-electron chi connectivity index (χ4n) is 0.992. The van der Waals surface area contributed by atoms with E-state index in [1.54, 1.807) is 18.3 Å². The molecule has 2 aromatic rings. The van der Waals surface area contributed by atoms with Gasteiger partial charge in [-0.2, -0.15) is 10.5 Å². The number of pyridine rings is 2. The van der Waals surface area contributed by atoms with Crippen LogP contribution in [0, 0.1) is 22.7 Å². The van der Waals surface area contributed by atoms with E-state index in [1.807, 2.05) is 12.1 Å². The van der Waals surface area contributed by atoms with Crippen LogP contribution in [-0.4, -0.2) is 9.97 Å². The minimum atomic E-state index is 0.495. The van der Waals surface area contributed by atoms with Crippen molar-refractivity contribution in [1.82, 2.24) is 9.97 Å². The van der Waals surface area contributed by atoms with Crippen LogP contribution >= 0.6 is 15.9 Å². The summed E-state index contributed by atoms with van der Waals surface area (Å²) in [7, 11) is 0. The Hall–Kier alpha value is -2.44. The molecule has 0 aliphatic carbocycles. The molecule has 0 unspecified atom stereocenters. The number of rotatable bonds is 0. The van der Waals surface area contributed by atoms with Crippen molar-refractivity contribution in [3.05, 3.63) is 52.5 Å². The first-order chi connectivity index (χ1) is 8.65. The molecule has 0 atom stereocenters. The highest BCUT2D eigenvalue weighted by molar-refractivity contribution is 9.10. The van der Waals surface area contributed by atoms with Crippen molar-refractivity contribution >= 4 is 21.6 Å². The summed E-state index contributed by atoms with van der Waals surface area (Å²) in [6, 6.07) is 7.19. The first-order valence-corrected chi connectivity index (χ1v) is 5.56. The van der Waals surface area contributed by atoms with Crippen molar-refractivity contribution < 1.29 is 0 Å². The van der Waals surface area contributed by atoms with E-state index in [0.29, 0.717) is 16.8 Å². The molecule has 0 aromatic carbocycles. The molecular weight excluding hydrogens is 294 g/mol. The summed E-state index contributed by atoms with van der Waals surface area (Å²) in [5.74, 6) is 0. The normalized spacial score (nSPS) is 8.39. The molecule has 2 N–H and O–H groups in total. The Morgan fingerprint density at radius 3 is 1.89 bits per heavy atom.